The molecule has 0 aliphatic rings. The Balaban J connectivity index is 5.24. The number of aliphatic hydroxyl groups is 1. The van der Waals surface area contributed by atoms with Crippen molar-refractivity contribution in [1.82, 2.24) is 0 Å². The molecular weight excluding hydrogens is 1190 g/mol. The van der Waals surface area contributed by atoms with Gasteiger partial charge in [-0.25, -0.2) is 9.13 Å². The molecule has 0 heterocycles. The highest BCUT2D eigenvalue weighted by molar-refractivity contribution is 7.47. The molecule has 0 spiro atoms. The predicted molar refractivity (Wildman–Crippen MR) is 363 cm³/mol. The van der Waals surface area contributed by atoms with Gasteiger partial charge in [-0.05, 0) is 37.5 Å². The van der Waals surface area contributed by atoms with Crippen molar-refractivity contribution in [2.24, 2.45) is 11.8 Å². The quantitative estimate of drug-likeness (QED) is 0.0222. The van der Waals surface area contributed by atoms with Gasteiger partial charge in [0.1, 0.15) is 19.3 Å². The molecule has 0 aromatic heterocycles. The van der Waals surface area contributed by atoms with Gasteiger partial charge in [0.25, 0.3) is 0 Å². The Kier molecular flexibility index (Phi) is 61.8. The van der Waals surface area contributed by atoms with E-state index in [0.717, 1.165) is 102 Å². The molecule has 3 N–H and O–H groups in total. The molecule has 17 nitrogen and oxygen atoms in total. The van der Waals surface area contributed by atoms with Crippen molar-refractivity contribution in [1.29, 1.82) is 0 Å². The summed E-state index contributed by atoms with van der Waals surface area (Å²) in [5, 5.41) is 10.6. The standard InChI is InChI=1S/C71H138O17P2/c1-7-9-11-13-15-17-19-21-22-23-25-27-29-36-43-49-55-70(75)87-66(59-81-68(73)53-47-41-35-28-26-24-20-18-16-14-12-10-8-2)61-85-89(77,78)83-57-65(72)58-84-90(79,80)86-62-67(60-82-69(74)54-48-42-38-32-34-40-46-52-64(5)6)88-71(76)56-50-44-37-31-30-33-39-45-51-63(3)4/h63-67,72H,7-62H2,1-6H3,(H,77,78)(H,79,80)/t65-,66-,67-/m1/s1. The summed E-state index contributed by atoms with van der Waals surface area (Å²) in [5.41, 5.74) is 0. The molecule has 19 heteroatoms. The van der Waals surface area contributed by atoms with Crippen LogP contribution in [0.15, 0.2) is 0 Å². The van der Waals surface area contributed by atoms with Crippen molar-refractivity contribution >= 4 is 39.5 Å². The van der Waals surface area contributed by atoms with Crippen LogP contribution in [0.25, 0.3) is 0 Å². The van der Waals surface area contributed by atoms with Gasteiger partial charge in [-0.1, -0.05) is 311 Å². The molecule has 0 saturated heterocycles. The molecule has 0 aromatic rings. The van der Waals surface area contributed by atoms with Crippen molar-refractivity contribution in [3.05, 3.63) is 0 Å². The van der Waals surface area contributed by atoms with Crippen molar-refractivity contribution in [3.63, 3.8) is 0 Å². The van der Waals surface area contributed by atoms with E-state index in [9.17, 15) is 43.2 Å². The van der Waals surface area contributed by atoms with Gasteiger partial charge in [0, 0.05) is 25.7 Å². The van der Waals surface area contributed by atoms with E-state index in [1.807, 2.05) is 0 Å². The van der Waals surface area contributed by atoms with Crippen molar-refractivity contribution in [3.8, 4) is 0 Å². The van der Waals surface area contributed by atoms with E-state index >= 15 is 0 Å². The molecule has 0 fully saturated rings. The minimum atomic E-state index is -4.95. The van der Waals surface area contributed by atoms with Crippen LogP contribution in [0.5, 0.6) is 0 Å². The molecular formula is C71H138O17P2. The first-order valence-corrected chi connectivity index (χ1v) is 40.0. The van der Waals surface area contributed by atoms with E-state index in [1.165, 1.54) is 173 Å². The van der Waals surface area contributed by atoms with Crippen LogP contribution in [-0.2, 0) is 65.4 Å². The molecule has 534 valence electrons. The van der Waals surface area contributed by atoms with Crippen LogP contribution in [0.1, 0.15) is 363 Å². The second kappa shape index (κ2) is 63.1. The molecule has 0 aliphatic carbocycles. The average molecular weight is 1330 g/mol. The number of phosphoric ester groups is 2. The summed E-state index contributed by atoms with van der Waals surface area (Å²) in [7, 11) is -9.90. The molecule has 0 bridgehead atoms. The smallest absolute Gasteiger partial charge is 0.462 e. The highest BCUT2D eigenvalue weighted by atomic mass is 31.2. The van der Waals surface area contributed by atoms with Gasteiger partial charge in [-0.2, -0.15) is 0 Å². The van der Waals surface area contributed by atoms with Crippen LogP contribution >= 0.6 is 15.6 Å². The number of carbonyl (C=O) groups is 4. The van der Waals surface area contributed by atoms with E-state index < -0.39 is 97.5 Å². The highest BCUT2D eigenvalue weighted by Crippen LogP contribution is 2.45. The minimum Gasteiger partial charge on any atom is -0.462 e. The van der Waals surface area contributed by atoms with Gasteiger partial charge in [-0.15, -0.1) is 0 Å². The van der Waals surface area contributed by atoms with E-state index in [1.54, 1.807) is 0 Å². The SMILES string of the molecule is CCCCCCCCCCCCCCCCCCC(=O)O[C@H](COC(=O)CCCCCCCCCCCCCCC)COP(=O)(O)OC[C@@H](O)COP(=O)(O)OC[C@@H](COC(=O)CCCCCCCCCC(C)C)OC(=O)CCCCCCCCCCC(C)C. The second-order valence-electron chi connectivity index (χ2n) is 26.6. The van der Waals surface area contributed by atoms with Gasteiger partial charge in [0.15, 0.2) is 12.2 Å². The predicted octanol–water partition coefficient (Wildman–Crippen LogP) is 20.4. The lowest BCUT2D eigenvalue weighted by molar-refractivity contribution is -0.161. The van der Waals surface area contributed by atoms with Crippen LogP contribution < -0.4 is 0 Å². The number of unbranched alkanes of at least 4 members (excludes halogenated alkanes) is 40. The third-order valence-electron chi connectivity index (χ3n) is 16.5. The molecule has 90 heavy (non-hydrogen) atoms. The Labute approximate surface area is 549 Å². The highest BCUT2D eigenvalue weighted by Gasteiger charge is 2.30. The van der Waals surface area contributed by atoms with Gasteiger partial charge in [-0.3, -0.25) is 37.3 Å². The molecule has 5 atom stereocenters. The summed E-state index contributed by atoms with van der Waals surface area (Å²) in [5.74, 6) is -0.700. The minimum absolute atomic E-state index is 0.104. The van der Waals surface area contributed by atoms with Gasteiger partial charge in [0.05, 0.1) is 26.4 Å². The van der Waals surface area contributed by atoms with Crippen molar-refractivity contribution < 1.29 is 80.2 Å². The largest absolute Gasteiger partial charge is 0.472 e. The topological polar surface area (TPSA) is 237 Å². The molecule has 0 radical (unpaired) electrons. The van der Waals surface area contributed by atoms with Gasteiger partial charge >= 0.3 is 39.5 Å². The molecule has 0 rings (SSSR count). The lowest BCUT2D eigenvalue weighted by Crippen LogP contribution is -2.30. The van der Waals surface area contributed by atoms with Crippen molar-refractivity contribution in [2.45, 2.75) is 381 Å². The zero-order chi connectivity index (χ0) is 66.5. The van der Waals surface area contributed by atoms with Crippen LogP contribution in [0.3, 0.4) is 0 Å². The third kappa shape index (κ3) is 64.8. The number of hydrogen-bond acceptors (Lipinski definition) is 15. The van der Waals surface area contributed by atoms with Gasteiger partial charge < -0.3 is 33.8 Å². The monoisotopic (exact) mass is 1320 g/mol. The molecule has 0 aliphatic heterocycles. The lowest BCUT2D eigenvalue weighted by atomic mass is 10.0. The maximum Gasteiger partial charge on any atom is 0.472 e. The van der Waals surface area contributed by atoms with Crippen LogP contribution in [0, 0.1) is 11.8 Å². The number of phosphoric acid groups is 2. The number of ether oxygens (including phenoxy) is 4. The number of rotatable bonds is 70. The first kappa shape index (κ1) is 88.1. The van der Waals surface area contributed by atoms with Crippen LogP contribution in [0.4, 0.5) is 0 Å². The summed E-state index contributed by atoms with van der Waals surface area (Å²) in [6.45, 7) is 9.46. The Morgan fingerprint density at radius 3 is 0.756 bits per heavy atom. The fraction of sp³-hybridized carbons (Fsp3) is 0.944. The third-order valence-corrected chi connectivity index (χ3v) is 18.4. The lowest BCUT2D eigenvalue weighted by Gasteiger charge is -2.21. The molecule has 0 aromatic carbocycles. The van der Waals surface area contributed by atoms with E-state index in [-0.39, 0.29) is 25.7 Å². The average Bonchev–Trinajstić information content (AvgIpc) is 2.48. The zero-order valence-corrected chi connectivity index (χ0v) is 60.2. The number of carbonyl (C=O) groups excluding carboxylic acids is 4. The summed E-state index contributed by atoms with van der Waals surface area (Å²) in [6.07, 6.45) is 48.6. The number of aliphatic hydroxyl groups excluding tert-OH is 1. The fourth-order valence-electron chi connectivity index (χ4n) is 10.8. The summed E-state index contributed by atoms with van der Waals surface area (Å²) in [4.78, 5) is 72.6. The maximum atomic E-state index is 13.0. The van der Waals surface area contributed by atoms with Crippen molar-refractivity contribution in [2.75, 3.05) is 39.6 Å². The van der Waals surface area contributed by atoms with E-state index in [2.05, 4.69) is 41.5 Å². The van der Waals surface area contributed by atoms with Crippen LogP contribution in [0.2, 0.25) is 0 Å². The molecule has 0 saturated carbocycles. The summed E-state index contributed by atoms with van der Waals surface area (Å²) in [6, 6.07) is 0. The zero-order valence-electron chi connectivity index (χ0n) is 58.4. The Morgan fingerprint density at radius 2 is 0.511 bits per heavy atom. The number of hydrogen-bond donors (Lipinski definition) is 3. The first-order chi connectivity index (χ1) is 43.4. The molecule has 0 amide bonds. The summed E-state index contributed by atoms with van der Waals surface area (Å²) < 4.78 is 68.3. The van der Waals surface area contributed by atoms with Gasteiger partial charge in [0.2, 0.25) is 0 Å². The summed E-state index contributed by atoms with van der Waals surface area (Å²) >= 11 is 0. The van der Waals surface area contributed by atoms with Crippen LogP contribution in [-0.4, -0.2) is 96.7 Å². The van der Waals surface area contributed by atoms with E-state index in [0.29, 0.717) is 31.6 Å². The number of esters is 4. The van der Waals surface area contributed by atoms with E-state index in [4.69, 9.17) is 37.0 Å². The maximum absolute atomic E-state index is 13.0. The Hall–Kier alpha value is -1.94. The Bertz CT molecular complexity index is 1750. The Morgan fingerprint density at radius 1 is 0.300 bits per heavy atom. The normalized spacial score (nSPS) is 14.1. The molecule has 2 unspecified atom stereocenters. The second-order valence-corrected chi connectivity index (χ2v) is 29.5. The first-order valence-electron chi connectivity index (χ1n) is 37.0. The fourth-order valence-corrected chi connectivity index (χ4v) is 12.3.